The summed E-state index contributed by atoms with van der Waals surface area (Å²) in [5, 5.41) is 0. The van der Waals surface area contributed by atoms with Crippen LogP contribution in [0.5, 0.6) is 0 Å². The summed E-state index contributed by atoms with van der Waals surface area (Å²) < 4.78 is 2.51. The van der Waals surface area contributed by atoms with Gasteiger partial charge in [0, 0.05) is 35.5 Å². The van der Waals surface area contributed by atoms with Gasteiger partial charge in [0.15, 0.2) is 0 Å². The van der Waals surface area contributed by atoms with Gasteiger partial charge >= 0.3 is 0 Å². The molecule has 0 saturated carbocycles. The fourth-order valence-electron chi connectivity index (χ4n) is 1.94. The highest BCUT2D eigenvalue weighted by atomic mass is 127. The fraction of sp³-hybridized carbons (Fsp3) is 1.00. The Morgan fingerprint density at radius 2 is 2.00 bits per heavy atom. The second kappa shape index (κ2) is 3.82. The maximum atomic E-state index is 2.51. The van der Waals surface area contributed by atoms with Gasteiger partial charge in [-0.3, -0.25) is 0 Å². The summed E-state index contributed by atoms with van der Waals surface area (Å²) in [4.78, 5) is 0. The lowest BCUT2D eigenvalue weighted by atomic mass is 9.80. The van der Waals surface area contributed by atoms with Crippen LogP contribution in [-0.2, 0) is 0 Å². The molecule has 0 bridgehead atoms. The number of nitrogens with zero attached hydrogens (tertiary/aromatic N) is 1. The average molecular weight is 281 g/mol. The van der Waals surface area contributed by atoms with Crippen LogP contribution in [0.25, 0.3) is 0 Å². The standard InChI is InChI=1S/C10H20IN/c1-8(2)9-5-6-10(3,4)7-12(9)11/h8-9H,5-7H2,1-4H3/t9-/m1/s1. The van der Waals surface area contributed by atoms with E-state index in [9.17, 15) is 0 Å². The summed E-state index contributed by atoms with van der Waals surface area (Å²) in [7, 11) is 0. The molecule has 1 aliphatic rings. The lowest BCUT2D eigenvalue weighted by molar-refractivity contribution is 0.133. The van der Waals surface area contributed by atoms with Gasteiger partial charge in [0.2, 0.25) is 0 Å². The number of piperidine rings is 1. The van der Waals surface area contributed by atoms with Crippen LogP contribution in [0.3, 0.4) is 0 Å². The van der Waals surface area contributed by atoms with Crippen molar-refractivity contribution < 1.29 is 0 Å². The summed E-state index contributed by atoms with van der Waals surface area (Å²) in [5.74, 6) is 0.804. The Labute approximate surface area is 90.4 Å². The lowest BCUT2D eigenvalue weighted by Crippen LogP contribution is -2.43. The van der Waals surface area contributed by atoms with Crippen molar-refractivity contribution in [2.24, 2.45) is 11.3 Å². The van der Waals surface area contributed by atoms with Crippen LogP contribution in [0.2, 0.25) is 0 Å². The van der Waals surface area contributed by atoms with Gasteiger partial charge in [0.25, 0.3) is 0 Å². The third kappa shape index (κ3) is 2.59. The second-order valence-electron chi connectivity index (χ2n) is 5.07. The predicted molar refractivity (Wildman–Crippen MR) is 62.4 cm³/mol. The Kier molecular flexibility index (Phi) is 3.43. The summed E-state index contributed by atoms with van der Waals surface area (Å²) in [6.45, 7) is 10.6. The molecule has 1 aliphatic heterocycles. The van der Waals surface area contributed by atoms with E-state index in [2.05, 4.69) is 53.7 Å². The third-order valence-corrected chi connectivity index (χ3v) is 3.88. The zero-order valence-corrected chi connectivity index (χ0v) is 10.8. The highest BCUT2D eigenvalue weighted by Crippen LogP contribution is 2.36. The minimum absolute atomic E-state index is 0.534. The Bertz CT molecular complexity index is 154. The smallest absolute Gasteiger partial charge is 0.0217 e. The third-order valence-electron chi connectivity index (χ3n) is 2.83. The molecule has 1 saturated heterocycles. The van der Waals surface area contributed by atoms with E-state index in [0.717, 1.165) is 12.0 Å². The first kappa shape index (κ1) is 10.8. The summed E-state index contributed by atoms with van der Waals surface area (Å²) in [6.07, 6.45) is 2.75. The zero-order chi connectivity index (χ0) is 9.35. The molecule has 0 aromatic heterocycles. The topological polar surface area (TPSA) is 3.24 Å². The molecule has 12 heavy (non-hydrogen) atoms. The second-order valence-corrected chi connectivity index (χ2v) is 6.31. The van der Waals surface area contributed by atoms with Crippen LogP contribution in [0.4, 0.5) is 0 Å². The predicted octanol–water partition coefficient (Wildman–Crippen LogP) is 3.48. The lowest BCUT2D eigenvalue weighted by Gasteiger charge is -2.42. The van der Waals surface area contributed by atoms with Gasteiger partial charge in [0.1, 0.15) is 0 Å². The van der Waals surface area contributed by atoms with Crippen molar-refractivity contribution >= 4 is 22.9 Å². The van der Waals surface area contributed by atoms with E-state index in [1.807, 2.05) is 0 Å². The van der Waals surface area contributed by atoms with E-state index >= 15 is 0 Å². The number of hydrogen-bond donors (Lipinski definition) is 0. The monoisotopic (exact) mass is 281 g/mol. The van der Waals surface area contributed by atoms with Crippen LogP contribution < -0.4 is 0 Å². The van der Waals surface area contributed by atoms with Crippen LogP contribution in [0, 0.1) is 11.3 Å². The van der Waals surface area contributed by atoms with Crippen LogP contribution >= 0.6 is 22.9 Å². The van der Waals surface area contributed by atoms with Crippen LogP contribution in [-0.4, -0.2) is 15.7 Å². The SMILES string of the molecule is CC(C)[C@H]1CCC(C)(C)CN1I. The number of hydrogen-bond acceptors (Lipinski definition) is 1. The van der Waals surface area contributed by atoms with Gasteiger partial charge < -0.3 is 0 Å². The van der Waals surface area contributed by atoms with Crippen molar-refractivity contribution in [3.05, 3.63) is 0 Å². The van der Waals surface area contributed by atoms with Gasteiger partial charge in [-0.05, 0) is 24.2 Å². The molecule has 0 aliphatic carbocycles. The van der Waals surface area contributed by atoms with Crippen molar-refractivity contribution in [1.29, 1.82) is 0 Å². The van der Waals surface area contributed by atoms with Gasteiger partial charge in [-0.15, -0.1) is 0 Å². The molecule has 0 unspecified atom stereocenters. The van der Waals surface area contributed by atoms with Gasteiger partial charge in [-0.1, -0.05) is 27.7 Å². The Morgan fingerprint density at radius 3 is 2.42 bits per heavy atom. The molecule has 1 rings (SSSR count). The molecule has 1 atom stereocenters. The quantitative estimate of drug-likeness (QED) is 0.525. The zero-order valence-electron chi connectivity index (χ0n) is 8.60. The Morgan fingerprint density at radius 1 is 1.42 bits per heavy atom. The molecule has 0 aromatic rings. The van der Waals surface area contributed by atoms with Crippen molar-refractivity contribution in [2.45, 2.75) is 46.6 Å². The molecule has 72 valence electrons. The van der Waals surface area contributed by atoms with Gasteiger partial charge in [-0.25, -0.2) is 3.11 Å². The van der Waals surface area contributed by atoms with Crippen molar-refractivity contribution in [2.75, 3.05) is 6.54 Å². The molecule has 0 N–H and O–H groups in total. The molecule has 1 heterocycles. The minimum Gasteiger partial charge on any atom is -0.244 e. The van der Waals surface area contributed by atoms with E-state index in [1.165, 1.54) is 19.4 Å². The van der Waals surface area contributed by atoms with Crippen molar-refractivity contribution in [3.8, 4) is 0 Å². The van der Waals surface area contributed by atoms with E-state index in [4.69, 9.17) is 0 Å². The molecule has 1 nitrogen and oxygen atoms in total. The Hall–Kier alpha value is 0.690. The molecule has 0 spiro atoms. The van der Waals surface area contributed by atoms with Gasteiger partial charge in [0.05, 0.1) is 0 Å². The summed E-state index contributed by atoms with van der Waals surface area (Å²) >= 11 is 2.49. The Balaban J connectivity index is 2.54. The molecule has 2 heteroatoms. The number of rotatable bonds is 1. The fourth-order valence-corrected chi connectivity index (χ4v) is 3.79. The normalized spacial score (nSPS) is 31.0. The largest absolute Gasteiger partial charge is 0.244 e. The van der Waals surface area contributed by atoms with E-state index < -0.39 is 0 Å². The van der Waals surface area contributed by atoms with Crippen molar-refractivity contribution in [1.82, 2.24) is 3.11 Å². The highest BCUT2D eigenvalue weighted by Gasteiger charge is 2.32. The van der Waals surface area contributed by atoms with Crippen LogP contribution in [0.15, 0.2) is 0 Å². The first-order valence-corrected chi connectivity index (χ1v) is 5.81. The molecular weight excluding hydrogens is 261 g/mol. The minimum atomic E-state index is 0.534. The molecular formula is C10H20IN. The van der Waals surface area contributed by atoms with Crippen LogP contribution in [0.1, 0.15) is 40.5 Å². The molecule has 0 amide bonds. The maximum Gasteiger partial charge on any atom is 0.0217 e. The highest BCUT2D eigenvalue weighted by molar-refractivity contribution is 14.1. The first-order chi connectivity index (χ1) is 5.42. The first-order valence-electron chi connectivity index (χ1n) is 4.85. The summed E-state index contributed by atoms with van der Waals surface area (Å²) in [5.41, 5.74) is 0.534. The average Bonchev–Trinajstić information content (AvgIpc) is 1.83. The molecule has 0 radical (unpaired) electrons. The molecule has 1 fully saturated rings. The van der Waals surface area contributed by atoms with E-state index in [0.29, 0.717) is 5.41 Å². The van der Waals surface area contributed by atoms with Crippen molar-refractivity contribution in [3.63, 3.8) is 0 Å². The van der Waals surface area contributed by atoms with E-state index in [-0.39, 0.29) is 0 Å². The maximum absolute atomic E-state index is 2.51. The molecule has 0 aromatic carbocycles. The van der Waals surface area contributed by atoms with E-state index in [1.54, 1.807) is 0 Å². The summed E-state index contributed by atoms with van der Waals surface area (Å²) in [6, 6.07) is 0.804. The number of halogens is 1. The van der Waals surface area contributed by atoms with Gasteiger partial charge in [-0.2, -0.15) is 0 Å².